The van der Waals surface area contributed by atoms with Gasteiger partial charge in [-0.1, -0.05) is 18.2 Å². The Hall–Kier alpha value is -2.70. The van der Waals surface area contributed by atoms with Crippen LogP contribution >= 0.6 is 0 Å². The van der Waals surface area contributed by atoms with Gasteiger partial charge in [-0.3, -0.25) is 0 Å². The average Bonchev–Trinajstić information content (AvgIpc) is 3.09. The molecule has 1 atom stereocenters. The van der Waals surface area contributed by atoms with Crippen LogP contribution in [0.3, 0.4) is 0 Å². The Kier molecular flexibility index (Phi) is 5.88. The van der Waals surface area contributed by atoms with E-state index >= 15 is 0 Å². The highest BCUT2D eigenvalue weighted by Gasteiger charge is 2.32. The van der Waals surface area contributed by atoms with E-state index in [4.69, 9.17) is 4.74 Å². The van der Waals surface area contributed by atoms with E-state index in [1.165, 1.54) is 18.2 Å². The topological polar surface area (TPSA) is 38.8 Å². The lowest BCUT2D eigenvalue weighted by molar-refractivity contribution is -0.275. The molecule has 0 aromatic heterocycles. The minimum atomic E-state index is -4.74. The molecule has 1 unspecified atom stereocenters. The highest BCUT2D eigenvalue weighted by atomic mass is 19.4. The second kappa shape index (κ2) is 8.33. The summed E-state index contributed by atoms with van der Waals surface area (Å²) < 4.78 is 47.1. The number of halogens is 3. The SMILES string of the molecule is O=CCC1CCCN1c1ccc(OCc2ccccc2OC(F)(F)F)cc1. The van der Waals surface area contributed by atoms with Gasteiger partial charge in [0, 0.05) is 30.3 Å². The Morgan fingerprint density at radius 3 is 2.56 bits per heavy atom. The normalized spacial score (nSPS) is 17.0. The maximum atomic E-state index is 12.5. The Balaban J connectivity index is 1.64. The van der Waals surface area contributed by atoms with Crippen molar-refractivity contribution in [2.45, 2.75) is 38.3 Å². The van der Waals surface area contributed by atoms with Crippen molar-refractivity contribution >= 4 is 12.0 Å². The number of carbonyl (C=O) groups excluding carboxylic acids is 1. The van der Waals surface area contributed by atoms with Crippen molar-refractivity contribution in [1.82, 2.24) is 0 Å². The van der Waals surface area contributed by atoms with E-state index in [1.807, 2.05) is 12.1 Å². The standard InChI is InChI=1S/C20H20F3NO3/c21-20(22,23)27-19-6-2-1-4-15(19)14-26-18-9-7-17(8-10-18)24-12-3-5-16(24)11-13-25/h1-2,4,6-10,13,16H,3,5,11-12,14H2. The molecule has 0 spiro atoms. The van der Waals surface area contributed by atoms with Crippen LogP contribution in [0.5, 0.6) is 11.5 Å². The van der Waals surface area contributed by atoms with Gasteiger partial charge < -0.3 is 19.2 Å². The monoisotopic (exact) mass is 379 g/mol. The third-order valence-electron chi connectivity index (χ3n) is 4.51. The van der Waals surface area contributed by atoms with Crippen LogP contribution in [-0.4, -0.2) is 25.2 Å². The van der Waals surface area contributed by atoms with Crippen LogP contribution in [0.4, 0.5) is 18.9 Å². The summed E-state index contributed by atoms with van der Waals surface area (Å²) in [5.74, 6) is 0.280. The number of hydrogen-bond acceptors (Lipinski definition) is 4. The molecule has 2 aromatic rings. The second-order valence-corrected chi connectivity index (χ2v) is 6.33. The first-order valence-electron chi connectivity index (χ1n) is 8.73. The molecule has 1 aliphatic heterocycles. The highest BCUT2D eigenvalue weighted by molar-refractivity contribution is 5.56. The predicted octanol–water partition coefficient (Wildman–Crippen LogP) is 4.72. The van der Waals surface area contributed by atoms with Crippen LogP contribution < -0.4 is 14.4 Å². The third-order valence-corrected chi connectivity index (χ3v) is 4.51. The summed E-state index contributed by atoms with van der Waals surface area (Å²) in [5, 5.41) is 0. The molecule has 1 heterocycles. The van der Waals surface area contributed by atoms with E-state index in [-0.39, 0.29) is 18.4 Å². The molecule has 1 fully saturated rings. The van der Waals surface area contributed by atoms with E-state index in [0.29, 0.717) is 17.7 Å². The molecular formula is C20H20F3NO3. The zero-order valence-electron chi connectivity index (χ0n) is 14.6. The molecule has 0 aliphatic carbocycles. The maximum absolute atomic E-state index is 12.5. The molecule has 0 radical (unpaired) electrons. The van der Waals surface area contributed by atoms with E-state index in [2.05, 4.69) is 9.64 Å². The van der Waals surface area contributed by atoms with Crippen molar-refractivity contribution < 1.29 is 27.4 Å². The zero-order valence-corrected chi connectivity index (χ0v) is 14.6. The second-order valence-electron chi connectivity index (χ2n) is 6.33. The Labute approximate surface area is 155 Å². The van der Waals surface area contributed by atoms with Crippen LogP contribution in [0, 0.1) is 0 Å². The zero-order chi connectivity index (χ0) is 19.3. The van der Waals surface area contributed by atoms with E-state index < -0.39 is 6.36 Å². The quantitative estimate of drug-likeness (QED) is 0.653. The number of alkyl halides is 3. The van der Waals surface area contributed by atoms with Gasteiger partial charge >= 0.3 is 6.36 Å². The third kappa shape index (κ3) is 5.15. The Bertz CT molecular complexity index is 762. The van der Waals surface area contributed by atoms with Crippen molar-refractivity contribution in [3.63, 3.8) is 0 Å². The molecule has 1 saturated heterocycles. The molecule has 1 aliphatic rings. The van der Waals surface area contributed by atoms with E-state index in [1.54, 1.807) is 18.2 Å². The molecule has 0 saturated carbocycles. The van der Waals surface area contributed by atoms with Crippen LogP contribution in [0.15, 0.2) is 48.5 Å². The number of carbonyl (C=O) groups is 1. The summed E-state index contributed by atoms with van der Waals surface area (Å²) in [6.45, 7) is 0.865. The Morgan fingerprint density at radius 2 is 1.85 bits per heavy atom. The number of anilines is 1. The number of rotatable bonds is 7. The van der Waals surface area contributed by atoms with Crippen LogP contribution in [0.25, 0.3) is 0 Å². The number of benzene rings is 2. The van der Waals surface area contributed by atoms with Crippen molar-refractivity contribution in [1.29, 1.82) is 0 Å². The smallest absolute Gasteiger partial charge is 0.489 e. The summed E-state index contributed by atoms with van der Waals surface area (Å²) in [4.78, 5) is 13.0. The first-order valence-corrected chi connectivity index (χ1v) is 8.73. The summed E-state index contributed by atoms with van der Waals surface area (Å²) in [7, 11) is 0. The van der Waals surface area contributed by atoms with Gasteiger partial charge in [0.2, 0.25) is 0 Å². The van der Waals surface area contributed by atoms with Crippen molar-refractivity contribution in [3.8, 4) is 11.5 Å². The minimum absolute atomic E-state index is 0.0386. The van der Waals surface area contributed by atoms with Gasteiger partial charge in [-0.05, 0) is 43.2 Å². The fourth-order valence-electron chi connectivity index (χ4n) is 3.27. The molecule has 2 aromatic carbocycles. The number of para-hydroxylation sites is 1. The van der Waals surface area contributed by atoms with Crippen molar-refractivity contribution in [2.24, 2.45) is 0 Å². The molecule has 7 heteroatoms. The minimum Gasteiger partial charge on any atom is -0.489 e. The summed E-state index contributed by atoms with van der Waals surface area (Å²) in [6.07, 6.45) is -1.25. The molecule has 4 nitrogen and oxygen atoms in total. The van der Waals surface area contributed by atoms with Gasteiger partial charge in [0.05, 0.1) is 0 Å². The first-order chi connectivity index (χ1) is 13.0. The van der Waals surface area contributed by atoms with Crippen molar-refractivity contribution in [3.05, 3.63) is 54.1 Å². The predicted molar refractivity (Wildman–Crippen MR) is 94.9 cm³/mol. The number of aldehydes is 1. The lowest BCUT2D eigenvalue weighted by Gasteiger charge is -2.25. The largest absolute Gasteiger partial charge is 0.573 e. The number of nitrogens with zero attached hydrogens (tertiary/aromatic N) is 1. The van der Waals surface area contributed by atoms with E-state index in [9.17, 15) is 18.0 Å². The fraction of sp³-hybridized carbons (Fsp3) is 0.350. The van der Waals surface area contributed by atoms with Gasteiger partial charge in [-0.15, -0.1) is 13.2 Å². The fourth-order valence-corrected chi connectivity index (χ4v) is 3.27. The van der Waals surface area contributed by atoms with Gasteiger partial charge in [-0.25, -0.2) is 0 Å². The molecular weight excluding hydrogens is 359 g/mol. The van der Waals surface area contributed by atoms with Crippen molar-refractivity contribution in [2.75, 3.05) is 11.4 Å². The highest BCUT2D eigenvalue weighted by Crippen LogP contribution is 2.30. The summed E-state index contributed by atoms with van der Waals surface area (Å²) in [6, 6.07) is 13.5. The van der Waals surface area contributed by atoms with Crippen LogP contribution in [0.2, 0.25) is 0 Å². The first kappa shape index (κ1) is 19.1. The van der Waals surface area contributed by atoms with Gasteiger partial charge in [-0.2, -0.15) is 0 Å². The summed E-state index contributed by atoms with van der Waals surface area (Å²) in [5.41, 5.74) is 1.32. The van der Waals surface area contributed by atoms with Crippen LogP contribution in [0.1, 0.15) is 24.8 Å². The van der Waals surface area contributed by atoms with Crippen LogP contribution in [-0.2, 0) is 11.4 Å². The Morgan fingerprint density at radius 1 is 1.11 bits per heavy atom. The number of ether oxygens (including phenoxy) is 2. The molecule has 3 rings (SSSR count). The van der Waals surface area contributed by atoms with Gasteiger partial charge in [0.15, 0.2) is 0 Å². The van der Waals surface area contributed by atoms with E-state index in [0.717, 1.165) is 31.4 Å². The van der Waals surface area contributed by atoms with Gasteiger partial charge in [0.1, 0.15) is 24.4 Å². The lowest BCUT2D eigenvalue weighted by Crippen LogP contribution is -2.29. The average molecular weight is 379 g/mol. The molecule has 144 valence electrons. The summed E-state index contributed by atoms with van der Waals surface area (Å²) >= 11 is 0. The molecule has 0 amide bonds. The molecule has 0 bridgehead atoms. The lowest BCUT2D eigenvalue weighted by atomic mass is 10.1. The van der Waals surface area contributed by atoms with Gasteiger partial charge in [0.25, 0.3) is 0 Å². The number of hydrogen-bond donors (Lipinski definition) is 0. The molecule has 27 heavy (non-hydrogen) atoms. The molecule has 0 N–H and O–H groups in total. The maximum Gasteiger partial charge on any atom is 0.573 e.